The van der Waals surface area contributed by atoms with Crippen LogP contribution in [-0.4, -0.2) is 29.6 Å². The smallest absolute Gasteiger partial charge is 0.255 e. The first-order valence-corrected chi connectivity index (χ1v) is 12.4. The molecule has 8 nitrogen and oxygen atoms in total. The molecule has 4 aromatic rings. The molecule has 0 aliphatic rings. The zero-order valence-electron chi connectivity index (χ0n) is 19.2. The summed E-state index contributed by atoms with van der Waals surface area (Å²) in [7, 11) is -3.48. The van der Waals surface area contributed by atoms with Gasteiger partial charge in [-0.1, -0.05) is 20.8 Å². The van der Waals surface area contributed by atoms with Gasteiger partial charge in [0.15, 0.2) is 0 Å². The van der Waals surface area contributed by atoms with Crippen molar-refractivity contribution in [1.82, 2.24) is 15.0 Å². The number of rotatable bonds is 4. The molecule has 0 unspecified atom stereocenters. The van der Waals surface area contributed by atoms with Crippen molar-refractivity contribution in [1.29, 1.82) is 5.26 Å². The Morgan fingerprint density at radius 1 is 1.06 bits per heavy atom. The first-order valence-electron chi connectivity index (χ1n) is 10.5. The molecule has 0 aliphatic carbocycles. The number of nitriles is 1. The number of aromatic nitrogens is 3. The number of aromatic amines is 1. The van der Waals surface area contributed by atoms with Gasteiger partial charge in [-0.2, -0.15) is 5.26 Å². The molecule has 0 spiro atoms. The van der Waals surface area contributed by atoms with E-state index in [-0.39, 0.29) is 22.2 Å². The zero-order valence-corrected chi connectivity index (χ0v) is 20.0. The highest BCUT2D eigenvalue weighted by Crippen LogP contribution is 2.33. The van der Waals surface area contributed by atoms with E-state index in [1.165, 1.54) is 6.07 Å². The Labute approximate surface area is 197 Å². The molecule has 2 aromatic carbocycles. The summed E-state index contributed by atoms with van der Waals surface area (Å²) in [5, 5.41) is 9.68. The summed E-state index contributed by atoms with van der Waals surface area (Å²) in [6, 6.07) is 14.2. The van der Waals surface area contributed by atoms with Gasteiger partial charge in [0, 0.05) is 28.6 Å². The summed E-state index contributed by atoms with van der Waals surface area (Å²) < 4.78 is 25.5. The van der Waals surface area contributed by atoms with Gasteiger partial charge in [-0.05, 0) is 53.4 Å². The van der Waals surface area contributed by atoms with E-state index in [2.05, 4.69) is 41.5 Å². The van der Waals surface area contributed by atoms with E-state index >= 15 is 0 Å². The molecule has 0 aliphatic heterocycles. The van der Waals surface area contributed by atoms with E-state index in [4.69, 9.17) is 4.98 Å². The van der Waals surface area contributed by atoms with Crippen molar-refractivity contribution in [3.8, 4) is 28.5 Å². The second-order valence-electron chi connectivity index (χ2n) is 9.06. The maximum absolute atomic E-state index is 12.5. The third kappa shape index (κ3) is 4.67. The number of hydrogen-bond donors (Lipinski definition) is 2. The van der Waals surface area contributed by atoms with E-state index in [0.717, 1.165) is 11.8 Å². The number of H-pyrrole nitrogens is 1. The summed E-state index contributed by atoms with van der Waals surface area (Å²) in [6.45, 7) is 6.23. The number of anilines is 1. The Bertz CT molecular complexity index is 1630. The van der Waals surface area contributed by atoms with Crippen molar-refractivity contribution >= 4 is 26.7 Å². The molecule has 9 heteroatoms. The minimum Gasteiger partial charge on any atom is -0.329 e. The second kappa shape index (κ2) is 8.39. The predicted octanol–water partition coefficient (Wildman–Crippen LogP) is 4.19. The van der Waals surface area contributed by atoms with Gasteiger partial charge >= 0.3 is 0 Å². The van der Waals surface area contributed by atoms with E-state index < -0.39 is 10.0 Å². The third-order valence-corrected chi connectivity index (χ3v) is 5.95. The Morgan fingerprint density at radius 2 is 1.82 bits per heavy atom. The molecule has 0 saturated carbocycles. The molecule has 0 amide bonds. The molecule has 0 atom stereocenters. The first kappa shape index (κ1) is 23.1. The quantitative estimate of drug-likeness (QED) is 0.457. The van der Waals surface area contributed by atoms with Gasteiger partial charge in [0.2, 0.25) is 10.0 Å². The highest BCUT2D eigenvalue weighted by atomic mass is 32.2. The van der Waals surface area contributed by atoms with Crippen LogP contribution in [0.15, 0.2) is 59.7 Å². The fourth-order valence-corrected chi connectivity index (χ4v) is 4.22. The number of nitrogens with zero attached hydrogens (tertiary/aromatic N) is 3. The van der Waals surface area contributed by atoms with Crippen molar-refractivity contribution < 1.29 is 8.42 Å². The lowest BCUT2D eigenvalue weighted by Crippen LogP contribution is -2.13. The van der Waals surface area contributed by atoms with Crippen molar-refractivity contribution in [3.63, 3.8) is 0 Å². The standard InChI is InChI=1S/C25H23N5O3S/c1-25(2,3)16-11-20(19-6-5-9-27-24(19)31)23-21(12-16)29-22(14-28-23)18-8-7-17(10-15(18)13-26)30-34(4,32)33/h5-12,14,30H,1-4H3,(H,27,31). The summed E-state index contributed by atoms with van der Waals surface area (Å²) in [6.07, 6.45) is 4.18. The fraction of sp³-hybridized carbons (Fsp3) is 0.200. The van der Waals surface area contributed by atoms with Gasteiger partial charge < -0.3 is 4.98 Å². The second-order valence-corrected chi connectivity index (χ2v) is 10.8. The molecule has 0 radical (unpaired) electrons. The number of hydrogen-bond acceptors (Lipinski definition) is 6. The van der Waals surface area contributed by atoms with Gasteiger partial charge in [-0.25, -0.2) is 13.4 Å². The number of pyridine rings is 1. The Balaban J connectivity index is 1.94. The molecular formula is C25H23N5O3S. The molecule has 2 aromatic heterocycles. The van der Waals surface area contributed by atoms with Crippen LogP contribution in [0.4, 0.5) is 5.69 Å². The molecule has 172 valence electrons. The van der Waals surface area contributed by atoms with Crippen LogP contribution in [0.5, 0.6) is 0 Å². The lowest BCUT2D eigenvalue weighted by molar-refractivity contribution is 0.591. The van der Waals surface area contributed by atoms with Crippen molar-refractivity contribution in [3.05, 3.63) is 76.3 Å². The summed E-state index contributed by atoms with van der Waals surface area (Å²) in [5.41, 5.74) is 4.42. The van der Waals surface area contributed by atoms with Crippen LogP contribution >= 0.6 is 0 Å². The number of sulfonamides is 1. The molecule has 0 saturated heterocycles. The van der Waals surface area contributed by atoms with Gasteiger partial charge in [0.05, 0.1) is 40.8 Å². The lowest BCUT2D eigenvalue weighted by atomic mass is 9.85. The molecule has 34 heavy (non-hydrogen) atoms. The Hall–Kier alpha value is -4.03. The fourth-order valence-electron chi connectivity index (χ4n) is 3.66. The van der Waals surface area contributed by atoms with Gasteiger partial charge in [-0.15, -0.1) is 0 Å². The van der Waals surface area contributed by atoms with Crippen LogP contribution in [-0.2, 0) is 15.4 Å². The van der Waals surface area contributed by atoms with Gasteiger partial charge in [0.1, 0.15) is 0 Å². The van der Waals surface area contributed by atoms with Gasteiger partial charge in [-0.3, -0.25) is 14.5 Å². The molecule has 4 rings (SSSR count). The van der Waals surface area contributed by atoms with E-state index in [1.807, 2.05) is 12.1 Å². The topological polar surface area (TPSA) is 129 Å². The molecule has 2 N–H and O–H groups in total. The summed E-state index contributed by atoms with van der Waals surface area (Å²) >= 11 is 0. The monoisotopic (exact) mass is 473 g/mol. The van der Waals surface area contributed by atoms with Crippen LogP contribution < -0.4 is 10.3 Å². The molecule has 0 bridgehead atoms. The van der Waals surface area contributed by atoms with E-state index in [1.54, 1.807) is 36.7 Å². The normalized spacial score (nSPS) is 11.9. The Morgan fingerprint density at radius 3 is 2.47 bits per heavy atom. The highest BCUT2D eigenvalue weighted by molar-refractivity contribution is 7.92. The van der Waals surface area contributed by atoms with Crippen LogP contribution in [0.1, 0.15) is 31.9 Å². The third-order valence-electron chi connectivity index (χ3n) is 5.34. The maximum atomic E-state index is 12.5. The highest BCUT2D eigenvalue weighted by Gasteiger charge is 2.20. The first-order chi connectivity index (χ1) is 16.0. The number of benzene rings is 2. The number of nitrogens with one attached hydrogen (secondary N) is 2. The minimum absolute atomic E-state index is 0.209. The molecule has 0 fully saturated rings. The minimum atomic E-state index is -3.48. The van der Waals surface area contributed by atoms with E-state index in [0.29, 0.717) is 33.4 Å². The van der Waals surface area contributed by atoms with Crippen molar-refractivity contribution in [2.45, 2.75) is 26.2 Å². The lowest BCUT2D eigenvalue weighted by Gasteiger charge is -2.21. The summed E-state index contributed by atoms with van der Waals surface area (Å²) in [4.78, 5) is 24.6. The van der Waals surface area contributed by atoms with Gasteiger partial charge in [0.25, 0.3) is 5.56 Å². The number of fused-ring (bicyclic) bond motifs is 1. The average molecular weight is 474 g/mol. The average Bonchev–Trinajstić information content (AvgIpc) is 2.76. The van der Waals surface area contributed by atoms with Crippen LogP contribution in [0, 0.1) is 11.3 Å². The molecule has 2 heterocycles. The maximum Gasteiger partial charge on any atom is 0.255 e. The predicted molar refractivity (Wildman–Crippen MR) is 133 cm³/mol. The largest absolute Gasteiger partial charge is 0.329 e. The SMILES string of the molecule is CC(C)(C)c1cc(-c2ccc[nH]c2=O)c2ncc(-c3ccc(NS(C)(=O)=O)cc3C#N)nc2c1. The van der Waals surface area contributed by atoms with Crippen molar-refractivity contribution in [2.75, 3.05) is 11.0 Å². The van der Waals surface area contributed by atoms with Crippen LogP contribution in [0.3, 0.4) is 0 Å². The van der Waals surface area contributed by atoms with E-state index in [9.17, 15) is 18.5 Å². The Kier molecular flexibility index (Phi) is 5.71. The molecular weight excluding hydrogens is 450 g/mol. The van der Waals surface area contributed by atoms with Crippen LogP contribution in [0.25, 0.3) is 33.4 Å². The summed E-state index contributed by atoms with van der Waals surface area (Å²) in [5.74, 6) is 0. The zero-order chi connectivity index (χ0) is 24.7. The van der Waals surface area contributed by atoms with Crippen LogP contribution in [0.2, 0.25) is 0 Å². The van der Waals surface area contributed by atoms with Crippen molar-refractivity contribution in [2.24, 2.45) is 0 Å².